The van der Waals surface area contributed by atoms with Crippen LogP contribution in [0.4, 0.5) is 0 Å². The molecular weight excluding hydrogens is 230 g/mol. The molecule has 0 radical (unpaired) electrons. The molecule has 0 saturated carbocycles. The van der Waals surface area contributed by atoms with Gasteiger partial charge in [-0.1, -0.05) is 23.4 Å². The van der Waals surface area contributed by atoms with Gasteiger partial charge in [0.05, 0.1) is 0 Å². The summed E-state index contributed by atoms with van der Waals surface area (Å²) in [5.74, 6) is 0.680. The minimum atomic E-state index is 0.471. The van der Waals surface area contributed by atoms with Gasteiger partial charge < -0.3 is 0 Å². The summed E-state index contributed by atoms with van der Waals surface area (Å²) in [6.45, 7) is 1.82. The van der Waals surface area contributed by atoms with Crippen LogP contribution in [0.5, 0.6) is 0 Å². The molecule has 3 nitrogen and oxygen atoms in total. The summed E-state index contributed by atoms with van der Waals surface area (Å²) in [4.78, 5) is 13.3. The number of nitrogens with zero attached hydrogens (tertiary/aromatic N) is 3. The average molecular weight is 238 g/mol. The van der Waals surface area contributed by atoms with Gasteiger partial charge in [0, 0.05) is 23.4 Å². The van der Waals surface area contributed by atoms with E-state index >= 15 is 0 Å². The topological polar surface area (TPSA) is 38.7 Å². The largest absolute Gasteiger partial charge is 0.265 e. The predicted octanol–water partition coefficient (Wildman–Crippen LogP) is 2.98. The van der Waals surface area contributed by atoms with Crippen molar-refractivity contribution < 1.29 is 0 Å². The molecule has 2 rings (SSSR count). The molecule has 0 spiro atoms. The van der Waals surface area contributed by atoms with Gasteiger partial charge in [-0.3, -0.25) is 4.98 Å². The normalized spacial score (nSPS) is 10.3. The van der Waals surface area contributed by atoms with Crippen molar-refractivity contribution in [2.45, 2.75) is 16.8 Å². The monoisotopic (exact) mass is 237 g/mol. The van der Waals surface area contributed by atoms with E-state index in [1.165, 1.54) is 0 Å². The second-order valence-corrected chi connectivity index (χ2v) is 4.34. The molecule has 0 N–H and O–H groups in total. The molecule has 0 fully saturated rings. The van der Waals surface area contributed by atoms with Gasteiger partial charge in [-0.05, 0) is 19.1 Å². The van der Waals surface area contributed by atoms with E-state index < -0.39 is 0 Å². The van der Waals surface area contributed by atoms with Crippen molar-refractivity contribution in [1.29, 1.82) is 0 Å². The maximum atomic E-state index is 5.84. The minimum absolute atomic E-state index is 0.471. The van der Waals surface area contributed by atoms with E-state index in [-0.39, 0.29) is 0 Å². The van der Waals surface area contributed by atoms with Crippen LogP contribution in [0.3, 0.4) is 0 Å². The molecule has 0 unspecified atom stereocenters. The first-order valence-electron chi connectivity index (χ1n) is 4.33. The Morgan fingerprint density at radius 2 is 1.93 bits per heavy atom. The molecule has 0 saturated heterocycles. The SMILES string of the molecule is Cc1nc(Cl)cc(Sc2ccncc2)n1. The van der Waals surface area contributed by atoms with Crippen molar-refractivity contribution in [1.82, 2.24) is 15.0 Å². The fourth-order valence-corrected chi connectivity index (χ4v) is 2.22. The smallest absolute Gasteiger partial charge is 0.133 e. The van der Waals surface area contributed by atoms with Crippen LogP contribution in [0.25, 0.3) is 0 Å². The number of aryl methyl sites for hydroxylation is 1. The van der Waals surface area contributed by atoms with Crippen LogP contribution in [-0.2, 0) is 0 Å². The summed E-state index contributed by atoms with van der Waals surface area (Å²) >= 11 is 7.38. The molecule has 0 aliphatic rings. The van der Waals surface area contributed by atoms with Gasteiger partial charge in [0.25, 0.3) is 0 Å². The van der Waals surface area contributed by atoms with Crippen molar-refractivity contribution in [3.8, 4) is 0 Å². The van der Waals surface area contributed by atoms with Crippen molar-refractivity contribution in [3.05, 3.63) is 41.6 Å². The first-order valence-corrected chi connectivity index (χ1v) is 5.52. The lowest BCUT2D eigenvalue weighted by Gasteiger charge is -2.01. The lowest BCUT2D eigenvalue weighted by molar-refractivity contribution is 0.967. The van der Waals surface area contributed by atoms with Gasteiger partial charge in [0.15, 0.2) is 0 Å². The quantitative estimate of drug-likeness (QED) is 0.753. The molecule has 76 valence electrons. The van der Waals surface area contributed by atoms with Crippen LogP contribution in [0.1, 0.15) is 5.82 Å². The van der Waals surface area contributed by atoms with Crippen LogP contribution in [-0.4, -0.2) is 15.0 Å². The Morgan fingerprint density at radius 1 is 1.20 bits per heavy atom. The maximum Gasteiger partial charge on any atom is 0.133 e. The van der Waals surface area contributed by atoms with Gasteiger partial charge in [-0.15, -0.1) is 0 Å². The zero-order chi connectivity index (χ0) is 10.7. The van der Waals surface area contributed by atoms with E-state index in [0.29, 0.717) is 11.0 Å². The van der Waals surface area contributed by atoms with Crippen LogP contribution in [0.15, 0.2) is 40.5 Å². The number of hydrogen-bond donors (Lipinski definition) is 0. The second-order valence-electron chi connectivity index (χ2n) is 2.86. The maximum absolute atomic E-state index is 5.84. The first-order chi connectivity index (χ1) is 7.24. The molecule has 0 aliphatic carbocycles. The van der Waals surface area contributed by atoms with Gasteiger partial charge in [0.2, 0.25) is 0 Å². The number of hydrogen-bond acceptors (Lipinski definition) is 4. The Morgan fingerprint density at radius 3 is 2.60 bits per heavy atom. The summed E-state index contributed by atoms with van der Waals surface area (Å²) in [5.41, 5.74) is 0. The predicted molar refractivity (Wildman–Crippen MR) is 60.1 cm³/mol. The van der Waals surface area contributed by atoms with Crippen molar-refractivity contribution in [3.63, 3.8) is 0 Å². The Balaban J connectivity index is 2.25. The first kappa shape index (κ1) is 10.4. The molecule has 5 heteroatoms. The van der Waals surface area contributed by atoms with E-state index in [9.17, 15) is 0 Å². The number of pyridine rings is 1. The van der Waals surface area contributed by atoms with Gasteiger partial charge in [-0.25, -0.2) is 9.97 Å². The summed E-state index contributed by atoms with van der Waals surface area (Å²) in [5, 5.41) is 1.32. The lowest BCUT2D eigenvalue weighted by atomic mass is 10.5. The highest BCUT2D eigenvalue weighted by molar-refractivity contribution is 7.99. The van der Waals surface area contributed by atoms with E-state index in [2.05, 4.69) is 15.0 Å². The van der Waals surface area contributed by atoms with Crippen LogP contribution >= 0.6 is 23.4 Å². The number of halogens is 1. The number of rotatable bonds is 2. The highest BCUT2D eigenvalue weighted by Gasteiger charge is 2.01. The fraction of sp³-hybridized carbons (Fsp3) is 0.100. The molecule has 15 heavy (non-hydrogen) atoms. The van der Waals surface area contributed by atoms with Crippen molar-refractivity contribution in [2.24, 2.45) is 0 Å². The third kappa shape index (κ3) is 2.91. The molecule has 0 aromatic carbocycles. The fourth-order valence-electron chi connectivity index (χ4n) is 1.08. The summed E-state index contributed by atoms with van der Waals surface area (Å²) < 4.78 is 0. The number of aromatic nitrogens is 3. The van der Waals surface area contributed by atoms with Crippen molar-refractivity contribution >= 4 is 23.4 Å². The van der Waals surface area contributed by atoms with Crippen LogP contribution in [0, 0.1) is 6.92 Å². The average Bonchev–Trinajstić information content (AvgIpc) is 2.17. The standard InChI is InChI=1S/C10H8ClN3S/c1-7-13-9(11)6-10(14-7)15-8-2-4-12-5-3-8/h2-6H,1H3. The highest BCUT2D eigenvalue weighted by Crippen LogP contribution is 2.26. The molecule has 0 bridgehead atoms. The Hall–Kier alpha value is -1.13. The van der Waals surface area contributed by atoms with Crippen LogP contribution < -0.4 is 0 Å². The van der Waals surface area contributed by atoms with Crippen molar-refractivity contribution in [2.75, 3.05) is 0 Å². The zero-order valence-electron chi connectivity index (χ0n) is 8.01. The minimum Gasteiger partial charge on any atom is -0.265 e. The molecular formula is C10H8ClN3S. The molecule has 2 aromatic rings. The second kappa shape index (κ2) is 4.59. The third-order valence-electron chi connectivity index (χ3n) is 1.66. The molecule has 0 atom stereocenters. The van der Waals surface area contributed by atoms with E-state index in [4.69, 9.17) is 11.6 Å². The van der Waals surface area contributed by atoms with Gasteiger partial charge in [-0.2, -0.15) is 0 Å². The molecule has 0 aliphatic heterocycles. The Bertz CT molecular complexity index is 441. The zero-order valence-corrected chi connectivity index (χ0v) is 9.59. The molecule has 0 amide bonds. The Kier molecular flexibility index (Phi) is 3.18. The van der Waals surface area contributed by atoms with Gasteiger partial charge in [0.1, 0.15) is 16.0 Å². The van der Waals surface area contributed by atoms with E-state index in [0.717, 1.165) is 9.92 Å². The summed E-state index contributed by atoms with van der Waals surface area (Å²) in [6.07, 6.45) is 3.50. The molecule has 2 heterocycles. The molecule has 2 aromatic heterocycles. The van der Waals surface area contributed by atoms with Crippen LogP contribution in [0.2, 0.25) is 5.15 Å². The van der Waals surface area contributed by atoms with E-state index in [1.807, 2.05) is 19.1 Å². The Labute approximate surface area is 96.9 Å². The third-order valence-corrected chi connectivity index (χ3v) is 2.78. The summed E-state index contributed by atoms with van der Waals surface area (Å²) in [7, 11) is 0. The van der Waals surface area contributed by atoms with E-state index in [1.54, 1.807) is 30.2 Å². The lowest BCUT2D eigenvalue weighted by Crippen LogP contribution is -1.89. The van der Waals surface area contributed by atoms with Gasteiger partial charge >= 0.3 is 0 Å². The summed E-state index contributed by atoms with van der Waals surface area (Å²) in [6, 6.07) is 5.60. The highest BCUT2D eigenvalue weighted by atomic mass is 35.5.